The molecule has 0 aromatic rings. The zero-order chi connectivity index (χ0) is 9.69. The van der Waals surface area contributed by atoms with Crippen LogP contribution in [-0.2, 0) is 0 Å². The lowest BCUT2D eigenvalue weighted by Crippen LogP contribution is -2.12. The average molecular weight is 172 g/mol. The molecule has 0 aliphatic heterocycles. The van der Waals surface area contributed by atoms with Crippen molar-refractivity contribution in [1.29, 1.82) is 0 Å². The lowest BCUT2D eigenvalue weighted by Gasteiger charge is -2.21. The molecule has 2 aliphatic rings. The molecule has 2 aliphatic carbocycles. The Morgan fingerprint density at radius 2 is 1.38 bits per heavy atom. The van der Waals surface area contributed by atoms with Crippen LogP contribution in [-0.4, -0.2) is 0 Å². The molecule has 1 fully saturated rings. The second kappa shape index (κ2) is 2.25. The van der Waals surface area contributed by atoms with Crippen LogP contribution in [0.15, 0.2) is 48.6 Å². The molecule has 0 saturated heterocycles. The molecule has 13 heavy (non-hydrogen) atoms. The second-order valence-electron chi connectivity index (χ2n) is 4.69. The van der Waals surface area contributed by atoms with Gasteiger partial charge in [-0.05, 0) is 17.6 Å². The van der Waals surface area contributed by atoms with Crippen LogP contribution >= 0.6 is 0 Å². The summed E-state index contributed by atoms with van der Waals surface area (Å²) < 4.78 is 0. The van der Waals surface area contributed by atoms with Crippen LogP contribution in [0.1, 0.15) is 20.3 Å². The Labute approximate surface area is 80.3 Å². The van der Waals surface area contributed by atoms with Crippen molar-refractivity contribution in [3.8, 4) is 0 Å². The zero-order valence-corrected chi connectivity index (χ0v) is 8.43. The molecule has 1 saturated carbocycles. The van der Waals surface area contributed by atoms with Gasteiger partial charge < -0.3 is 0 Å². The Morgan fingerprint density at radius 1 is 1.00 bits per heavy atom. The van der Waals surface area contributed by atoms with Gasteiger partial charge in [0.1, 0.15) is 0 Å². The number of rotatable bonds is 0. The first-order valence-corrected chi connectivity index (χ1v) is 4.74. The first kappa shape index (κ1) is 8.55. The van der Waals surface area contributed by atoms with Gasteiger partial charge in [0.25, 0.3) is 0 Å². The molecule has 2 rings (SSSR count). The minimum Gasteiger partial charge on any atom is -0.0947 e. The van der Waals surface area contributed by atoms with Crippen LogP contribution < -0.4 is 0 Å². The third kappa shape index (κ3) is 0.980. The predicted octanol–water partition coefficient (Wildman–Crippen LogP) is 3.64. The lowest BCUT2D eigenvalue weighted by atomic mass is 9.82. The highest BCUT2D eigenvalue weighted by Gasteiger charge is 2.45. The van der Waals surface area contributed by atoms with E-state index in [1.165, 1.54) is 11.1 Å². The maximum Gasteiger partial charge on any atom is 0.0115 e. The van der Waals surface area contributed by atoms with Crippen LogP contribution in [0.2, 0.25) is 0 Å². The molecule has 0 heterocycles. The highest BCUT2D eigenvalue weighted by molar-refractivity contribution is 5.50. The Kier molecular flexibility index (Phi) is 1.48. The lowest BCUT2D eigenvalue weighted by molar-refractivity contribution is 0.412. The third-order valence-electron chi connectivity index (χ3n) is 3.52. The van der Waals surface area contributed by atoms with Crippen molar-refractivity contribution < 1.29 is 0 Å². The first-order chi connectivity index (χ1) is 5.98. The van der Waals surface area contributed by atoms with Gasteiger partial charge in [0.15, 0.2) is 0 Å². The van der Waals surface area contributed by atoms with Crippen LogP contribution in [0.3, 0.4) is 0 Å². The summed E-state index contributed by atoms with van der Waals surface area (Å²) in [7, 11) is 0. The fourth-order valence-electron chi connectivity index (χ4n) is 2.52. The fourth-order valence-corrected chi connectivity index (χ4v) is 2.52. The molecule has 0 amide bonds. The van der Waals surface area contributed by atoms with Crippen molar-refractivity contribution in [2.75, 3.05) is 0 Å². The minimum absolute atomic E-state index is 0.134. The van der Waals surface area contributed by atoms with E-state index < -0.39 is 0 Å². The van der Waals surface area contributed by atoms with Crippen LogP contribution in [0, 0.1) is 10.8 Å². The van der Waals surface area contributed by atoms with Gasteiger partial charge in [0.2, 0.25) is 0 Å². The van der Waals surface area contributed by atoms with Gasteiger partial charge in [-0.1, -0.05) is 51.3 Å². The van der Waals surface area contributed by atoms with Crippen molar-refractivity contribution >= 4 is 0 Å². The molecule has 0 radical (unpaired) electrons. The Hall–Kier alpha value is -1.04. The minimum atomic E-state index is 0.134. The second-order valence-corrected chi connectivity index (χ2v) is 4.69. The summed E-state index contributed by atoms with van der Waals surface area (Å²) in [5.41, 5.74) is 2.68. The monoisotopic (exact) mass is 172 g/mol. The predicted molar refractivity (Wildman–Crippen MR) is 57.4 cm³/mol. The summed E-state index contributed by atoms with van der Waals surface area (Å²) in [4.78, 5) is 0. The quantitative estimate of drug-likeness (QED) is 0.523. The molecule has 2 bridgehead atoms. The SMILES string of the molecule is C=C1C(=C)C2(C)C=CC=CC1(C)C2. The van der Waals surface area contributed by atoms with E-state index in [4.69, 9.17) is 0 Å². The van der Waals surface area contributed by atoms with Crippen molar-refractivity contribution in [2.45, 2.75) is 20.3 Å². The van der Waals surface area contributed by atoms with Crippen molar-refractivity contribution in [2.24, 2.45) is 10.8 Å². The van der Waals surface area contributed by atoms with E-state index in [-0.39, 0.29) is 10.8 Å². The third-order valence-corrected chi connectivity index (χ3v) is 3.52. The molecule has 0 heteroatoms. The van der Waals surface area contributed by atoms with Gasteiger partial charge in [-0.15, -0.1) is 0 Å². The number of fused-ring (bicyclic) bond motifs is 2. The molecule has 2 unspecified atom stereocenters. The zero-order valence-electron chi connectivity index (χ0n) is 8.43. The fraction of sp³-hybridized carbons (Fsp3) is 0.385. The molecular formula is C13H16. The van der Waals surface area contributed by atoms with Gasteiger partial charge in [0, 0.05) is 10.8 Å². The topological polar surface area (TPSA) is 0 Å². The summed E-state index contributed by atoms with van der Waals surface area (Å²) in [5, 5.41) is 0. The molecular weight excluding hydrogens is 156 g/mol. The van der Waals surface area contributed by atoms with E-state index in [1.807, 2.05) is 0 Å². The summed E-state index contributed by atoms with van der Waals surface area (Å²) in [6.45, 7) is 12.8. The first-order valence-electron chi connectivity index (χ1n) is 4.74. The van der Waals surface area contributed by atoms with Gasteiger partial charge in [-0.25, -0.2) is 0 Å². The van der Waals surface area contributed by atoms with Crippen molar-refractivity contribution in [1.82, 2.24) is 0 Å². The standard InChI is InChI=1S/C13H16/c1-10-11(2)13(4)8-6-5-7-12(10,3)9-13/h5-8H,1-2,9H2,3-4H3. The summed E-state index contributed by atoms with van der Waals surface area (Å²) in [5.74, 6) is 0. The van der Waals surface area contributed by atoms with Crippen LogP contribution in [0.4, 0.5) is 0 Å². The number of hydrogen-bond acceptors (Lipinski definition) is 0. The summed E-state index contributed by atoms with van der Waals surface area (Å²) in [6, 6.07) is 0. The maximum absolute atomic E-state index is 4.15. The van der Waals surface area contributed by atoms with Crippen LogP contribution in [0.25, 0.3) is 0 Å². The number of hydrogen-bond donors (Lipinski definition) is 0. The van der Waals surface area contributed by atoms with E-state index in [1.54, 1.807) is 0 Å². The molecule has 68 valence electrons. The Morgan fingerprint density at radius 3 is 1.77 bits per heavy atom. The molecule has 0 N–H and O–H groups in total. The van der Waals surface area contributed by atoms with Gasteiger partial charge in [0.05, 0.1) is 0 Å². The Balaban J connectivity index is 2.59. The number of allylic oxidation sites excluding steroid dienone is 6. The van der Waals surface area contributed by atoms with Crippen molar-refractivity contribution in [3.63, 3.8) is 0 Å². The normalized spacial score (nSPS) is 42.6. The van der Waals surface area contributed by atoms with E-state index in [9.17, 15) is 0 Å². The van der Waals surface area contributed by atoms with Gasteiger partial charge >= 0.3 is 0 Å². The van der Waals surface area contributed by atoms with Crippen LogP contribution in [0.5, 0.6) is 0 Å². The van der Waals surface area contributed by atoms with E-state index in [2.05, 4.69) is 51.3 Å². The van der Waals surface area contributed by atoms with Gasteiger partial charge in [-0.2, -0.15) is 0 Å². The molecule has 0 aromatic heterocycles. The maximum atomic E-state index is 4.15. The van der Waals surface area contributed by atoms with Crippen molar-refractivity contribution in [3.05, 3.63) is 48.6 Å². The highest BCUT2D eigenvalue weighted by atomic mass is 14.5. The smallest absolute Gasteiger partial charge is 0.0115 e. The highest BCUT2D eigenvalue weighted by Crippen LogP contribution is 2.57. The molecule has 0 spiro atoms. The molecule has 2 atom stereocenters. The molecule has 0 nitrogen and oxygen atoms in total. The summed E-state index contributed by atoms with van der Waals surface area (Å²) in [6.07, 6.45) is 9.86. The van der Waals surface area contributed by atoms with Gasteiger partial charge in [-0.3, -0.25) is 0 Å². The molecule has 0 aromatic carbocycles. The van der Waals surface area contributed by atoms with E-state index >= 15 is 0 Å². The average Bonchev–Trinajstić information content (AvgIpc) is 2.27. The largest absolute Gasteiger partial charge is 0.0947 e. The summed E-state index contributed by atoms with van der Waals surface area (Å²) >= 11 is 0. The van der Waals surface area contributed by atoms with E-state index in [0.717, 1.165) is 6.42 Å². The van der Waals surface area contributed by atoms with E-state index in [0.29, 0.717) is 0 Å². The Bertz CT molecular complexity index is 309.